The minimum atomic E-state index is -3.59. The van der Waals surface area contributed by atoms with E-state index in [9.17, 15) is 8.42 Å². The highest BCUT2D eigenvalue weighted by Crippen LogP contribution is 2.13. The third-order valence-corrected chi connectivity index (χ3v) is 3.58. The lowest BCUT2D eigenvalue weighted by Crippen LogP contribution is -2.13. The van der Waals surface area contributed by atoms with E-state index in [1.807, 2.05) is 0 Å². The van der Waals surface area contributed by atoms with E-state index < -0.39 is 15.0 Å². The highest BCUT2D eigenvalue weighted by atomic mass is 35.5. The van der Waals surface area contributed by atoms with Crippen molar-refractivity contribution in [2.75, 3.05) is 18.7 Å². The second kappa shape index (κ2) is 5.60. The molecule has 1 rings (SSSR count). The summed E-state index contributed by atoms with van der Waals surface area (Å²) in [4.78, 5) is 10.7. The molecule has 0 aliphatic rings. The van der Waals surface area contributed by atoms with Crippen molar-refractivity contribution in [2.24, 2.45) is 0 Å². The van der Waals surface area contributed by atoms with Crippen LogP contribution in [0.5, 0.6) is 6.01 Å². The number of halogens is 2. The van der Waals surface area contributed by atoms with Gasteiger partial charge in [-0.1, -0.05) is 0 Å². The average molecular weight is 286 g/mol. The van der Waals surface area contributed by atoms with Crippen LogP contribution < -0.4 is 4.74 Å². The fourth-order valence-corrected chi connectivity index (χ4v) is 2.53. The molecule has 0 atom stereocenters. The van der Waals surface area contributed by atoms with Crippen LogP contribution >= 0.6 is 23.2 Å². The number of sulfone groups is 1. The van der Waals surface area contributed by atoms with E-state index in [-0.39, 0.29) is 22.9 Å². The van der Waals surface area contributed by atoms with E-state index in [1.54, 1.807) is 0 Å². The molecule has 0 bridgehead atoms. The Morgan fingerprint density at radius 3 is 2.56 bits per heavy atom. The largest absolute Gasteiger partial charge is 0.467 e. The van der Waals surface area contributed by atoms with E-state index in [1.165, 1.54) is 7.11 Å². The smallest absolute Gasteiger partial charge is 0.321 e. The standard InChI is InChI=1S/C7H9Cl2N3O3S/c1-15-6-10-5(9)11-7(12-6)16(13,14)4-2-3-8/h2-4H2,1H3. The Labute approximate surface area is 103 Å². The predicted molar refractivity (Wildman–Crippen MR) is 58.8 cm³/mol. The summed E-state index contributed by atoms with van der Waals surface area (Å²) >= 11 is 11.0. The van der Waals surface area contributed by atoms with Gasteiger partial charge in [-0.25, -0.2) is 8.42 Å². The molecule has 0 aliphatic heterocycles. The van der Waals surface area contributed by atoms with Crippen LogP contribution in [-0.2, 0) is 9.84 Å². The molecule has 0 saturated carbocycles. The average Bonchev–Trinajstić information content (AvgIpc) is 2.25. The first kappa shape index (κ1) is 13.4. The van der Waals surface area contributed by atoms with Gasteiger partial charge in [0, 0.05) is 5.88 Å². The quantitative estimate of drug-likeness (QED) is 0.749. The summed E-state index contributed by atoms with van der Waals surface area (Å²) in [6, 6.07) is -0.135. The van der Waals surface area contributed by atoms with Gasteiger partial charge in [0.15, 0.2) is 0 Å². The molecule has 0 N–H and O–H groups in total. The first-order chi connectivity index (χ1) is 7.49. The molecule has 0 saturated heterocycles. The number of nitrogens with zero attached hydrogens (tertiary/aromatic N) is 3. The molecule has 16 heavy (non-hydrogen) atoms. The van der Waals surface area contributed by atoms with E-state index in [4.69, 9.17) is 27.9 Å². The van der Waals surface area contributed by atoms with Crippen molar-refractivity contribution >= 4 is 33.0 Å². The van der Waals surface area contributed by atoms with Crippen LogP contribution in [0.1, 0.15) is 6.42 Å². The van der Waals surface area contributed by atoms with Crippen molar-refractivity contribution < 1.29 is 13.2 Å². The Morgan fingerprint density at radius 1 is 1.31 bits per heavy atom. The molecule has 0 radical (unpaired) electrons. The molecule has 9 heteroatoms. The molecule has 0 spiro atoms. The molecule has 0 aromatic carbocycles. The van der Waals surface area contributed by atoms with E-state index in [2.05, 4.69) is 15.0 Å². The summed E-state index contributed by atoms with van der Waals surface area (Å²) in [6.07, 6.45) is 0.315. The maximum Gasteiger partial charge on any atom is 0.321 e. The number of hydrogen-bond acceptors (Lipinski definition) is 6. The molecular formula is C7H9Cl2N3O3S. The summed E-state index contributed by atoms with van der Waals surface area (Å²) in [7, 11) is -2.28. The molecule has 0 amide bonds. The maximum atomic E-state index is 11.7. The normalized spacial score (nSPS) is 11.4. The molecular weight excluding hydrogens is 277 g/mol. The summed E-state index contributed by atoms with van der Waals surface area (Å²) < 4.78 is 28.1. The molecule has 1 aromatic heterocycles. The Balaban J connectivity index is 3.07. The minimum Gasteiger partial charge on any atom is -0.467 e. The lowest BCUT2D eigenvalue weighted by molar-refractivity contribution is 0.371. The zero-order chi connectivity index (χ0) is 12.2. The summed E-state index contributed by atoms with van der Waals surface area (Å²) in [5.74, 6) is 0.106. The van der Waals surface area contributed by atoms with Gasteiger partial charge in [-0.05, 0) is 18.0 Å². The monoisotopic (exact) mass is 285 g/mol. The van der Waals surface area contributed by atoms with Crippen LogP contribution in [0.15, 0.2) is 5.16 Å². The van der Waals surface area contributed by atoms with Gasteiger partial charge < -0.3 is 4.74 Å². The highest BCUT2D eigenvalue weighted by molar-refractivity contribution is 7.91. The Hall–Kier alpha value is -0.660. The van der Waals surface area contributed by atoms with Gasteiger partial charge in [0.05, 0.1) is 12.9 Å². The Bertz CT molecular complexity index is 466. The zero-order valence-corrected chi connectivity index (χ0v) is 10.7. The summed E-state index contributed by atoms with van der Waals surface area (Å²) in [5.41, 5.74) is 0. The number of rotatable bonds is 5. The van der Waals surface area contributed by atoms with Gasteiger partial charge in [0.25, 0.3) is 5.16 Å². The number of alkyl halides is 1. The molecule has 6 nitrogen and oxygen atoms in total. The first-order valence-electron chi connectivity index (χ1n) is 4.24. The fourth-order valence-electron chi connectivity index (χ4n) is 0.881. The molecule has 0 aliphatic carbocycles. The van der Waals surface area contributed by atoms with Gasteiger partial charge in [-0.3, -0.25) is 0 Å². The van der Waals surface area contributed by atoms with Crippen LogP contribution in [0, 0.1) is 0 Å². The fraction of sp³-hybridized carbons (Fsp3) is 0.571. The highest BCUT2D eigenvalue weighted by Gasteiger charge is 2.20. The van der Waals surface area contributed by atoms with Crippen molar-refractivity contribution in [1.82, 2.24) is 15.0 Å². The van der Waals surface area contributed by atoms with Crippen molar-refractivity contribution in [2.45, 2.75) is 11.6 Å². The van der Waals surface area contributed by atoms with Crippen molar-refractivity contribution in [3.63, 3.8) is 0 Å². The van der Waals surface area contributed by atoms with Crippen LogP contribution in [-0.4, -0.2) is 42.1 Å². The molecule has 1 aromatic rings. The number of ether oxygens (including phenoxy) is 1. The number of hydrogen-bond donors (Lipinski definition) is 0. The summed E-state index contributed by atoms with van der Waals surface area (Å²) in [6.45, 7) is 0. The maximum absolute atomic E-state index is 11.7. The minimum absolute atomic E-state index is 0.135. The van der Waals surface area contributed by atoms with Crippen molar-refractivity contribution in [3.8, 4) is 6.01 Å². The van der Waals surface area contributed by atoms with Gasteiger partial charge in [0.2, 0.25) is 15.1 Å². The van der Waals surface area contributed by atoms with Crippen LogP contribution in [0.4, 0.5) is 0 Å². The lowest BCUT2D eigenvalue weighted by Gasteiger charge is -2.03. The number of aromatic nitrogens is 3. The van der Waals surface area contributed by atoms with Crippen LogP contribution in [0.2, 0.25) is 5.28 Å². The lowest BCUT2D eigenvalue weighted by atomic mass is 10.6. The van der Waals surface area contributed by atoms with Crippen LogP contribution in [0.25, 0.3) is 0 Å². The molecule has 0 unspecified atom stereocenters. The van der Waals surface area contributed by atoms with E-state index in [0.717, 1.165) is 0 Å². The summed E-state index contributed by atoms with van der Waals surface area (Å²) in [5, 5.41) is -0.620. The van der Waals surface area contributed by atoms with E-state index >= 15 is 0 Å². The second-order valence-corrected chi connectivity index (χ2v) is 5.45. The molecule has 0 fully saturated rings. The van der Waals surface area contributed by atoms with Gasteiger partial charge >= 0.3 is 6.01 Å². The predicted octanol–water partition coefficient (Wildman–Crippen LogP) is 0.936. The van der Waals surface area contributed by atoms with Crippen molar-refractivity contribution in [1.29, 1.82) is 0 Å². The first-order valence-corrected chi connectivity index (χ1v) is 6.80. The van der Waals surface area contributed by atoms with E-state index in [0.29, 0.717) is 6.42 Å². The van der Waals surface area contributed by atoms with Gasteiger partial charge in [0.1, 0.15) is 0 Å². The van der Waals surface area contributed by atoms with Gasteiger partial charge in [-0.15, -0.1) is 11.6 Å². The topological polar surface area (TPSA) is 82.0 Å². The molecule has 90 valence electrons. The molecule has 1 heterocycles. The van der Waals surface area contributed by atoms with Crippen LogP contribution in [0.3, 0.4) is 0 Å². The second-order valence-electron chi connectivity index (χ2n) is 2.74. The Kier molecular flexibility index (Phi) is 4.69. The third kappa shape index (κ3) is 3.43. The SMILES string of the molecule is COc1nc(Cl)nc(S(=O)(=O)CCCCl)n1. The zero-order valence-electron chi connectivity index (χ0n) is 8.35. The van der Waals surface area contributed by atoms with Gasteiger partial charge in [-0.2, -0.15) is 15.0 Å². The number of methoxy groups -OCH3 is 1. The van der Waals surface area contributed by atoms with Crippen molar-refractivity contribution in [3.05, 3.63) is 5.28 Å². The third-order valence-electron chi connectivity index (χ3n) is 1.57. The Morgan fingerprint density at radius 2 is 2.00 bits per heavy atom.